The first-order chi connectivity index (χ1) is 7.15. The molecule has 0 spiro atoms. The highest BCUT2D eigenvalue weighted by molar-refractivity contribution is 7.99. The Labute approximate surface area is 94.1 Å². The minimum atomic E-state index is -0.260. The van der Waals surface area contributed by atoms with Crippen molar-refractivity contribution in [1.29, 1.82) is 0 Å². The van der Waals surface area contributed by atoms with E-state index in [-0.39, 0.29) is 6.10 Å². The third kappa shape index (κ3) is 3.81. The van der Waals surface area contributed by atoms with Gasteiger partial charge in [0.2, 0.25) is 0 Å². The Balaban J connectivity index is 2.52. The van der Waals surface area contributed by atoms with Crippen LogP contribution in [-0.2, 0) is 6.54 Å². The van der Waals surface area contributed by atoms with E-state index < -0.39 is 0 Å². The molecule has 6 heteroatoms. The molecule has 1 rings (SSSR count). The molecule has 1 atom stereocenters. The van der Waals surface area contributed by atoms with Crippen LogP contribution < -0.4 is 5.73 Å². The third-order valence-electron chi connectivity index (χ3n) is 2.02. The first-order valence-electron chi connectivity index (χ1n) is 5.06. The highest BCUT2D eigenvalue weighted by Crippen LogP contribution is 2.17. The van der Waals surface area contributed by atoms with Crippen LogP contribution in [0.15, 0.2) is 5.16 Å². The third-order valence-corrected chi connectivity index (χ3v) is 3.02. The molecule has 0 aliphatic carbocycles. The van der Waals surface area contributed by atoms with Crippen molar-refractivity contribution in [3.8, 4) is 0 Å². The van der Waals surface area contributed by atoms with Crippen molar-refractivity contribution < 1.29 is 5.11 Å². The summed E-state index contributed by atoms with van der Waals surface area (Å²) in [6.45, 7) is 5.04. The van der Waals surface area contributed by atoms with Crippen LogP contribution in [0.2, 0.25) is 0 Å². The van der Waals surface area contributed by atoms with Crippen molar-refractivity contribution in [1.82, 2.24) is 14.8 Å². The largest absolute Gasteiger partial charge is 0.393 e. The molecule has 0 radical (unpaired) electrons. The second-order valence-corrected chi connectivity index (χ2v) is 4.52. The molecule has 0 bridgehead atoms. The molecule has 0 aliphatic rings. The van der Waals surface area contributed by atoms with Gasteiger partial charge in [0.05, 0.1) is 6.10 Å². The number of aromatic nitrogens is 3. The van der Waals surface area contributed by atoms with Crippen LogP contribution in [0.1, 0.15) is 19.2 Å². The number of hydrogen-bond donors (Lipinski definition) is 2. The summed E-state index contributed by atoms with van der Waals surface area (Å²) in [5.41, 5.74) is 5.51. The topological polar surface area (TPSA) is 77.0 Å². The number of rotatable bonds is 6. The van der Waals surface area contributed by atoms with E-state index in [0.717, 1.165) is 29.7 Å². The molecule has 0 fully saturated rings. The Morgan fingerprint density at radius 2 is 2.27 bits per heavy atom. The molecule has 15 heavy (non-hydrogen) atoms. The van der Waals surface area contributed by atoms with Crippen molar-refractivity contribution in [2.24, 2.45) is 5.73 Å². The molecule has 5 nitrogen and oxygen atoms in total. The first kappa shape index (κ1) is 12.5. The maximum absolute atomic E-state index is 9.13. The van der Waals surface area contributed by atoms with E-state index in [1.807, 2.05) is 11.5 Å². The summed E-state index contributed by atoms with van der Waals surface area (Å²) in [7, 11) is 0. The van der Waals surface area contributed by atoms with Crippen LogP contribution in [0, 0.1) is 6.92 Å². The van der Waals surface area contributed by atoms with Gasteiger partial charge in [-0.25, -0.2) is 0 Å². The van der Waals surface area contributed by atoms with Crippen molar-refractivity contribution >= 4 is 11.8 Å². The molecule has 1 unspecified atom stereocenters. The van der Waals surface area contributed by atoms with Gasteiger partial charge in [-0.1, -0.05) is 11.8 Å². The number of aliphatic hydroxyl groups is 1. The van der Waals surface area contributed by atoms with Gasteiger partial charge in [-0.3, -0.25) is 0 Å². The molecule has 86 valence electrons. The SMILES string of the molecule is Cc1nnc(SCCC(C)O)n1CCN. The lowest BCUT2D eigenvalue weighted by Gasteiger charge is -2.06. The van der Waals surface area contributed by atoms with Crippen molar-refractivity contribution in [2.75, 3.05) is 12.3 Å². The fraction of sp³-hybridized carbons (Fsp3) is 0.778. The summed E-state index contributed by atoms with van der Waals surface area (Å²) >= 11 is 1.61. The number of nitrogens with two attached hydrogens (primary N) is 1. The number of nitrogens with zero attached hydrogens (tertiary/aromatic N) is 3. The molecule has 3 N–H and O–H groups in total. The van der Waals surface area contributed by atoms with Crippen LogP contribution in [-0.4, -0.2) is 38.3 Å². The summed E-state index contributed by atoms with van der Waals surface area (Å²) in [6, 6.07) is 0. The maximum Gasteiger partial charge on any atom is 0.191 e. The van der Waals surface area contributed by atoms with E-state index in [2.05, 4.69) is 10.2 Å². The quantitative estimate of drug-likeness (QED) is 0.692. The fourth-order valence-corrected chi connectivity index (χ4v) is 2.29. The minimum absolute atomic E-state index is 0.260. The summed E-state index contributed by atoms with van der Waals surface area (Å²) in [5, 5.41) is 18.1. The summed E-state index contributed by atoms with van der Waals surface area (Å²) < 4.78 is 2.01. The van der Waals surface area contributed by atoms with E-state index in [4.69, 9.17) is 10.8 Å². The molecule has 0 aliphatic heterocycles. The monoisotopic (exact) mass is 230 g/mol. The van der Waals surface area contributed by atoms with Gasteiger partial charge in [0.15, 0.2) is 5.16 Å². The van der Waals surface area contributed by atoms with Crippen LogP contribution in [0.5, 0.6) is 0 Å². The van der Waals surface area contributed by atoms with Gasteiger partial charge in [-0.2, -0.15) is 0 Å². The Bertz CT molecular complexity index is 300. The van der Waals surface area contributed by atoms with E-state index in [9.17, 15) is 0 Å². The molecule has 0 aromatic carbocycles. The lowest BCUT2D eigenvalue weighted by Crippen LogP contribution is -2.12. The van der Waals surface area contributed by atoms with Gasteiger partial charge in [0.25, 0.3) is 0 Å². The van der Waals surface area contributed by atoms with Gasteiger partial charge in [-0.15, -0.1) is 10.2 Å². The normalized spacial score (nSPS) is 13.1. The average molecular weight is 230 g/mol. The summed E-state index contributed by atoms with van der Waals surface area (Å²) in [4.78, 5) is 0. The highest BCUT2D eigenvalue weighted by atomic mass is 32.2. The maximum atomic E-state index is 9.13. The van der Waals surface area contributed by atoms with E-state index in [0.29, 0.717) is 6.54 Å². The lowest BCUT2D eigenvalue weighted by atomic mass is 10.3. The Morgan fingerprint density at radius 3 is 2.87 bits per heavy atom. The standard InChI is InChI=1S/C9H18N4OS/c1-7(14)3-6-15-9-12-11-8(2)13(9)5-4-10/h7,14H,3-6,10H2,1-2H3. The Kier molecular flexibility index (Phi) is 5.07. The predicted octanol–water partition coefficient (Wildman–Crippen LogP) is 0.408. The predicted molar refractivity (Wildman–Crippen MR) is 60.8 cm³/mol. The number of thioether (sulfide) groups is 1. The summed E-state index contributed by atoms with van der Waals surface area (Å²) in [5.74, 6) is 1.74. The van der Waals surface area contributed by atoms with Gasteiger partial charge in [0, 0.05) is 18.8 Å². The summed E-state index contributed by atoms with van der Waals surface area (Å²) in [6.07, 6.45) is 0.503. The number of hydrogen-bond acceptors (Lipinski definition) is 5. The zero-order valence-electron chi connectivity index (χ0n) is 9.18. The second kappa shape index (κ2) is 6.09. The zero-order valence-corrected chi connectivity index (χ0v) is 10.00. The zero-order chi connectivity index (χ0) is 11.3. The van der Waals surface area contributed by atoms with E-state index in [1.165, 1.54) is 0 Å². The molecular formula is C9H18N4OS. The Hall–Kier alpha value is -0.590. The molecule has 1 aromatic rings. The van der Waals surface area contributed by atoms with Crippen molar-refractivity contribution in [3.63, 3.8) is 0 Å². The van der Waals surface area contributed by atoms with Gasteiger partial charge >= 0.3 is 0 Å². The second-order valence-electron chi connectivity index (χ2n) is 3.46. The van der Waals surface area contributed by atoms with Crippen LogP contribution >= 0.6 is 11.8 Å². The molecule has 0 amide bonds. The van der Waals surface area contributed by atoms with Crippen LogP contribution in [0.25, 0.3) is 0 Å². The molecule has 1 aromatic heterocycles. The van der Waals surface area contributed by atoms with Gasteiger partial charge in [0.1, 0.15) is 5.82 Å². The van der Waals surface area contributed by atoms with Crippen LogP contribution in [0.3, 0.4) is 0 Å². The lowest BCUT2D eigenvalue weighted by molar-refractivity contribution is 0.192. The van der Waals surface area contributed by atoms with Gasteiger partial charge in [-0.05, 0) is 20.3 Å². The molecule has 0 saturated carbocycles. The highest BCUT2D eigenvalue weighted by Gasteiger charge is 2.08. The fourth-order valence-electron chi connectivity index (χ4n) is 1.18. The van der Waals surface area contributed by atoms with E-state index >= 15 is 0 Å². The van der Waals surface area contributed by atoms with Gasteiger partial charge < -0.3 is 15.4 Å². The van der Waals surface area contributed by atoms with Crippen LogP contribution in [0.4, 0.5) is 0 Å². The number of aliphatic hydroxyl groups excluding tert-OH is 1. The average Bonchev–Trinajstić information content (AvgIpc) is 2.50. The molecule has 1 heterocycles. The van der Waals surface area contributed by atoms with Crippen molar-refractivity contribution in [3.05, 3.63) is 5.82 Å². The molecular weight excluding hydrogens is 212 g/mol. The van der Waals surface area contributed by atoms with Crippen molar-refractivity contribution in [2.45, 2.75) is 38.1 Å². The molecule has 0 saturated heterocycles. The smallest absolute Gasteiger partial charge is 0.191 e. The van der Waals surface area contributed by atoms with E-state index in [1.54, 1.807) is 18.7 Å². The Morgan fingerprint density at radius 1 is 1.53 bits per heavy atom. The minimum Gasteiger partial charge on any atom is -0.393 e. The number of aryl methyl sites for hydroxylation is 1. The first-order valence-corrected chi connectivity index (χ1v) is 6.04.